The number of hydrogen-bond donors (Lipinski definition) is 3. The molecule has 0 amide bonds. The van der Waals surface area contributed by atoms with E-state index >= 15 is 0 Å². The predicted octanol–water partition coefficient (Wildman–Crippen LogP) is 1.08. The molecule has 16 heavy (non-hydrogen) atoms. The summed E-state index contributed by atoms with van der Waals surface area (Å²) in [5.41, 5.74) is 8.10. The zero-order chi connectivity index (χ0) is 12.0. The van der Waals surface area contributed by atoms with Gasteiger partial charge in [0.05, 0.1) is 12.7 Å². The van der Waals surface area contributed by atoms with Crippen LogP contribution in [0.25, 0.3) is 0 Å². The largest absolute Gasteiger partial charge is 0.394 e. The lowest BCUT2D eigenvalue weighted by Crippen LogP contribution is -2.18. The normalized spacial score (nSPS) is 14.8. The molecule has 0 saturated heterocycles. The molecule has 4 N–H and O–H groups in total. The Morgan fingerprint density at radius 1 is 1.44 bits per heavy atom. The van der Waals surface area contributed by atoms with E-state index in [0.29, 0.717) is 12.3 Å². The summed E-state index contributed by atoms with van der Waals surface area (Å²) in [6.45, 7) is 2.38. The number of hydrogen-bond acceptors (Lipinski definition) is 4. The van der Waals surface area contributed by atoms with Gasteiger partial charge in [-0.3, -0.25) is 0 Å². The van der Waals surface area contributed by atoms with E-state index in [4.69, 9.17) is 10.8 Å². The molecule has 0 heterocycles. The van der Waals surface area contributed by atoms with Gasteiger partial charge < -0.3 is 15.9 Å². The van der Waals surface area contributed by atoms with Crippen LogP contribution in [0.2, 0.25) is 0 Å². The van der Waals surface area contributed by atoms with E-state index in [0.717, 1.165) is 0 Å². The minimum atomic E-state index is -0.663. The van der Waals surface area contributed by atoms with Crippen LogP contribution in [0.1, 0.15) is 16.4 Å². The monoisotopic (exact) mass is 241 g/mol. The predicted molar refractivity (Wildman–Crippen MR) is 68.5 cm³/mol. The molecule has 0 spiro atoms. The smallest absolute Gasteiger partial charge is 0.0861 e. The van der Waals surface area contributed by atoms with E-state index in [-0.39, 0.29) is 11.9 Å². The number of aryl methyl sites for hydroxylation is 1. The average Bonchev–Trinajstić information content (AvgIpc) is 2.29. The van der Waals surface area contributed by atoms with Crippen molar-refractivity contribution in [2.75, 3.05) is 18.9 Å². The quantitative estimate of drug-likeness (QED) is 0.697. The lowest BCUT2D eigenvalue weighted by atomic mass is 10.1. The van der Waals surface area contributed by atoms with E-state index in [1.54, 1.807) is 11.8 Å². The molecule has 0 bridgehead atoms. The van der Waals surface area contributed by atoms with Crippen LogP contribution >= 0.6 is 11.8 Å². The molecule has 0 aliphatic rings. The van der Waals surface area contributed by atoms with Gasteiger partial charge in [0.1, 0.15) is 0 Å². The summed E-state index contributed by atoms with van der Waals surface area (Å²) in [6.07, 6.45) is -0.663. The fraction of sp³-hybridized carbons (Fsp3) is 0.500. The van der Waals surface area contributed by atoms with Crippen molar-refractivity contribution in [3.05, 3.63) is 35.4 Å². The summed E-state index contributed by atoms with van der Waals surface area (Å²) >= 11 is 1.58. The summed E-state index contributed by atoms with van der Waals surface area (Å²) in [4.78, 5) is 0. The van der Waals surface area contributed by atoms with Gasteiger partial charge in [-0.1, -0.05) is 29.8 Å². The van der Waals surface area contributed by atoms with Crippen molar-refractivity contribution >= 4 is 11.8 Å². The lowest BCUT2D eigenvalue weighted by molar-refractivity contribution is 0.113. The van der Waals surface area contributed by atoms with Gasteiger partial charge in [0.25, 0.3) is 0 Å². The van der Waals surface area contributed by atoms with Crippen LogP contribution < -0.4 is 5.73 Å². The zero-order valence-corrected chi connectivity index (χ0v) is 10.3. The first kappa shape index (κ1) is 13.5. The third kappa shape index (κ3) is 4.14. The Hall–Kier alpha value is -0.550. The maximum absolute atomic E-state index is 9.29. The molecule has 0 radical (unpaired) electrons. The van der Waals surface area contributed by atoms with E-state index in [1.165, 1.54) is 11.1 Å². The van der Waals surface area contributed by atoms with Crippen molar-refractivity contribution in [3.8, 4) is 0 Å². The maximum Gasteiger partial charge on any atom is 0.0861 e. The minimum Gasteiger partial charge on any atom is -0.394 e. The van der Waals surface area contributed by atoms with Crippen LogP contribution in [0.15, 0.2) is 24.3 Å². The van der Waals surface area contributed by atoms with Gasteiger partial charge in [0, 0.05) is 17.5 Å². The van der Waals surface area contributed by atoms with Gasteiger partial charge in [0.15, 0.2) is 0 Å². The molecule has 0 fully saturated rings. The first-order chi connectivity index (χ1) is 7.67. The first-order valence-corrected chi connectivity index (χ1v) is 6.39. The van der Waals surface area contributed by atoms with Crippen molar-refractivity contribution in [2.45, 2.75) is 18.3 Å². The van der Waals surface area contributed by atoms with Crippen molar-refractivity contribution < 1.29 is 10.2 Å². The van der Waals surface area contributed by atoms with Crippen LogP contribution in [0.5, 0.6) is 0 Å². The number of rotatable bonds is 6. The van der Waals surface area contributed by atoms with Crippen LogP contribution in [-0.4, -0.2) is 35.2 Å². The van der Waals surface area contributed by atoms with Crippen molar-refractivity contribution in [1.29, 1.82) is 0 Å². The molecule has 2 atom stereocenters. The molecule has 0 aliphatic heterocycles. The van der Waals surface area contributed by atoms with E-state index in [9.17, 15) is 5.11 Å². The van der Waals surface area contributed by atoms with Crippen LogP contribution in [-0.2, 0) is 0 Å². The topological polar surface area (TPSA) is 66.5 Å². The molecule has 1 aromatic rings. The molecule has 90 valence electrons. The number of thioether (sulfide) groups is 1. The second kappa shape index (κ2) is 6.91. The summed E-state index contributed by atoms with van der Waals surface area (Å²) in [5, 5.41) is 18.2. The fourth-order valence-electron chi connectivity index (χ4n) is 1.45. The van der Waals surface area contributed by atoms with Crippen molar-refractivity contribution in [3.63, 3.8) is 0 Å². The van der Waals surface area contributed by atoms with Gasteiger partial charge in [-0.25, -0.2) is 0 Å². The summed E-state index contributed by atoms with van der Waals surface area (Å²) in [7, 11) is 0. The lowest BCUT2D eigenvalue weighted by Gasteiger charge is -2.17. The Labute approximate surface area is 101 Å². The highest BCUT2D eigenvalue weighted by molar-refractivity contribution is 7.99. The van der Waals surface area contributed by atoms with Crippen molar-refractivity contribution in [2.24, 2.45) is 5.73 Å². The highest BCUT2D eigenvalue weighted by Gasteiger charge is 2.12. The second-order valence-electron chi connectivity index (χ2n) is 3.81. The number of aliphatic hydroxyl groups excluding tert-OH is 2. The number of benzene rings is 1. The van der Waals surface area contributed by atoms with Gasteiger partial charge in [-0.2, -0.15) is 0 Å². The molecule has 2 unspecified atom stereocenters. The highest BCUT2D eigenvalue weighted by atomic mass is 32.2. The van der Waals surface area contributed by atoms with Crippen LogP contribution in [0.4, 0.5) is 0 Å². The molecule has 1 aromatic carbocycles. The summed E-state index contributed by atoms with van der Waals surface area (Å²) in [6, 6.07) is 8.21. The third-order valence-corrected chi connectivity index (χ3v) is 3.77. The average molecular weight is 241 g/mol. The van der Waals surface area contributed by atoms with Gasteiger partial charge in [-0.15, -0.1) is 11.8 Å². The second-order valence-corrected chi connectivity index (χ2v) is 5.04. The Balaban J connectivity index is 2.60. The Morgan fingerprint density at radius 2 is 2.19 bits per heavy atom. The molecular weight excluding hydrogens is 222 g/mol. The number of aliphatic hydroxyl groups is 2. The maximum atomic E-state index is 9.29. The molecule has 0 aliphatic carbocycles. The Morgan fingerprint density at radius 3 is 2.75 bits per heavy atom. The van der Waals surface area contributed by atoms with Gasteiger partial charge in [-0.05, 0) is 12.5 Å². The first-order valence-electron chi connectivity index (χ1n) is 5.34. The summed E-state index contributed by atoms with van der Waals surface area (Å²) in [5.74, 6) is 0.506. The summed E-state index contributed by atoms with van der Waals surface area (Å²) < 4.78 is 0. The highest BCUT2D eigenvalue weighted by Crippen LogP contribution is 2.28. The van der Waals surface area contributed by atoms with E-state index < -0.39 is 6.10 Å². The SMILES string of the molecule is Cc1cccc(C(CN)SCC(O)CO)c1. The molecule has 4 heteroatoms. The van der Waals surface area contributed by atoms with Gasteiger partial charge in [0.2, 0.25) is 0 Å². The van der Waals surface area contributed by atoms with Crippen molar-refractivity contribution in [1.82, 2.24) is 0 Å². The fourth-order valence-corrected chi connectivity index (χ4v) is 2.49. The molecule has 0 saturated carbocycles. The molecule has 3 nitrogen and oxygen atoms in total. The van der Waals surface area contributed by atoms with E-state index in [2.05, 4.69) is 6.07 Å². The minimum absolute atomic E-state index is 0.182. The van der Waals surface area contributed by atoms with Gasteiger partial charge >= 0.3 is 0 Å². The number of nitrogens with two attached hydrogens (primary N) is 1. The van der Waals surface area contributed by atoms with Crippen LogP contribution in [0.3, 0.4) is 0 Å². The molecular formula is C12H19NO2S. The Kier molecular flexibility index (Phi) is 5.84. The van der Waals surface area contributed by atoms with E-state index in [1.807, 2.05) is 25.1 Å². The third-order valence-electron chi connectivity index (χ3n) is 2.33. The standard InChI is InChI=1S/C12H19NO2S/c1-9-3-2-4-10(5-9)12(6-13)16-8-11(15)7-14/h2-5,11-12,14-15H,6-8,13H2,1H3. The van der Waals surface area contributed by atoms with Crippen LogP contribution in [0, 0.1) is 6.92 Å². The molecule has 1 rings (SSSR count). The zero-order valence-electron chi connectivity index (χ0n) is 9.47. The molecule has 0 aromatic heterocycles. The Bertz CT molecular complexity index is 320.